The first-order valence-electron chi connectivity index (χ1n) is 1.49. The van der Waals surface area contributed by atoms with Crippen molar-refractivity contribution in [3.8, 4) is 0 Å². The number of carboxylic acid groups (broad SMARTS) is 1. The van der Waals surface area contributed by atoms with Gasteiger partial charge in [-0.1, -0.05) is 6.92 Å². The van der Waals surface area contributed by atoms with E-state index in [1.165, 1.54) is 0 Å². The van der Waals surface area contributed by atoms with Gasteiger partial charge in [-0.15, -0.1) is 0 Å². The maximum Gasteiger partial charge on any atom is 0.303 e. The Labute approximate surface area is 72.5 Å². The Kier molecular flexibility index (Phi) is 22.4. The first-order chi connectivity index (χ1) is 2.27. The number of carboxylic acids is 1. The molecule has 0 aliphatic carbocycles. The minimum absolute atomic E-state index is 0. The summed E-state index contributed by atoms with van der Waals surface area (Å²) in [4.78, 5) is 9.37. The Morgan fingerprint density at radius 1 is 1.71 bits per heavy atom. The third-order valence-corrected chi connectivity index (χ3v) is 0.302. The predicted molar refractivity (Wildman–Crippen MR) is 27.9 cm³/mol. The number of hydrogen-bond donors (Lipinski definition) is 1. The Morgan fingerprint density at radius 2 is 1.86 bits per heavy atom. The van der Waals surface area contributed by atoms with Crippen LogP contribution in [-0.2, 0) is 31.0 Å². The van der Waals surface area contributed by atoms with Crippen LogP contribution >= 0.6 is 0 Å². The molecule has 0 aromatic heterocycles. The molecule has 2 nitrogen and oxygen atoms in total. The molecule has 40 valence electrons. The maximum atomic E-state index is 9.37. The third-order valence-electron chi connectivity index (χ3n) is 0.302. The van der Waals surface area contributed by atoms with Crippen molar-refractivity contribution in [3.05, 3.63) is 0 Å². The Hall–Kier alpha value is 0.886. The molecule has 4 heteroatoms. The van der Waals surface area contributed by atoms with Crippen LogP contribution in [0.4, 0.5) is 0 Å². The molecule has 1 N–H and O–H groups in total. The fraction of sp³-hybridized carbons (Fsp3) is 0.667. The minimum atomic E-state index is -0.745. The average Bonchev–Trinajstić information content (AvgIpc) is 1.38. The molecular weight excluding hydrogens is 186 g/mol. The van der Waals surface area contributed by atoms with Gasteiger partial charge in [0.2, 0.25) is 0 Å². The van der Waals surface area contributed by atoms with E-state index in [1.807, 2.05) is 0 Å². The summed E-state index contributed by atoms with van der Waals surface area (Å²) in [6.07, 6.45) is 0.222. The Balaban J connectivity index is -0.0000000800. The molecule has 0 amide bonds. The van der Waals surface area contributed by atoms with E-state index >= 15 is 0 Å². The van der Waals surface area contributed by atoms with Crippen molar-refractivity contribution in [2.75, 3.05) is 0 Å². The molecule has 0 aromatic rings. The van der Waals surface area contributed by atoms with E-state index in [9.17, 15) is 4.79 Å². The molecule has 0 aliphatic rings. The van der Waals surface area contributed by atoms with Gasteiger partial charge in [0.05, 0.1) is 0 Å². The van der Waals surface area contributed by atoms with Gasteiger partial charge in [-0.2, -0.15) is 0 Å². The second-order valence-corrected chi connectivity index (χ2v) is 0.747. The molecule has 0 fully saturated rings. The summed E-state index contributed by atoms with van der Waals surface area (Å²) in [6.45, 7) is 1.60. The van der Waals surface area contributed by atoms with E-state index in [1.54, 1.807) is 6.92 Å². The first kappa shape index (κ1) is 15.7. The van der Waals surface area contributed by atoms with E-state index in [2.05, 4.69) is 0 Å². The Morgan fingerprint density at radius 3 is 1.86 bits per heavy atom. The molecule has 0 atom stereocenters. The van der Waals surface area contributed by atoms with Crippen LogP contribution < -0.4 is 0 Å². The van der Waals surface area contributed by atoms with Crippen molar-refractivity contribution in [3.63, 3.8) is 0 Å². The van der Waals surface area contributed by atoms with Crippen molar-refractivity contribution in [2.24, 2.45) is 0 Å². The van der Waals surface area contributed by atoms with E-state index < -0.39 is 5.97 Å². The molecule has 0 aromatic carbocycles. The van der Waals surface area contributed by atoms with E-state index in [4.69, 9.17) is 5.11 Å². The van der Waals surface area contributed by atoms with Crippen LogP contribution in [0.1, 0.15) is 13.3 Å². The zero-order valence-corrected chi connectivity index (χ0v) is 6.02. The molecule has 0 spiro atoms. The molecule has 0 aliphatic heterocycles. The number of aliphatic carboxylic acids is 1. The molecule has 0 saturated carbocycles. The molecule has 0 heterocycles. The largest absolute Gasteiger partial charge is 0.481 e. The monoisotopic (exact) mass is 194 g/mol. The topological polar surface area (TPSA) is 37.3 Å². The molecule has 7 heavy (non-hydrogen) atoms. The van der Waals surface area contributed by atoms with Crippen molar-refractivity contribution >= 4 is 23.3 Å². The van der Waals surface area contributed by atoms with E-state index in [-0.39, 0.29) is 50.0 Å². The second kappa shape index (κ2) is 9.99. The summed E-state index contributed by atoms with van der Waals surface area (Å²) < 4.78 is 0. The normalized spacial score (nSPS) is 5.29. The summed E-state index contributed by atoms with van der Waals surface area (Å²) in [7, 11) is 0. The molecular formula is C3H9AlO2Zr. The van der Waals surface area contributed by atoms with Crippen LogP contribution in [0, 0.1) is 0 Å². The van der Waals surface area contributed by atoms with Crippen LogP contribution in [-0.4, -0.2) is 28.4 Å². The summed E-state index contributed by atoms with van der Waals surface area (Å²) in [5, 5.41) is 7.72. The van der Waals surface area contributed by atoms with Gasteiger partial charge in [0, 0.05) is 32.6 Å². The number of rotatable bonds is 1. The van der Waals surface area contributed by atoms with Crippen molar-refractivity contribution in [1.29, 1.82) is 0 Å². The van der Waals surface area contributed by atoms with Gasteiger partial charge in [-0.25, -0.2) is 0 Å². The fourth-order valence-corrected chi connectivity index (χ4v) is 0. The third kappa shape index (κ3) is 19.7. The van der Waals surface area contributed by atoms with Crippen molar-refractivity contribution in [2.45, 2.75) is 13.3 Å². The van der Waals surface area contributed by atoms with Crippen LogP contribution in [0.5, 0.6) is 0 Å². The van der Waals surface area contributed by atoms with Gasteiger partial charge in [0.25, 0.3) is 0 Å². The average molecular weight is 195 g/mol. The van der Waals surface area contributed by atoms with Crippen LogP contribution in [0.3, 0.4) is 0 Å². The molecule has 0 saturated heterocycles. The molecule has 0 unspecified atom stereocenters. The van der Waals surface area contributed by atoms with E-state index in [0.29, 0.717) is 0 Å². The summed E-state index contributed by atoms with van der Waals surface area (Å²) >= 11 is 0. The van der Waals surface area contributed by atoms with E-state index in [0.717, 1.165) is 0 Å². The zero-order valence-electron chi connectivity index (χ0n) is 3.56. The van der Waals surface area contributed by atoms with Crippen LogP contribution in [0.2, 0.25) is 0 Å². The van der Waals surface area contributed by atoms with Gasteiger partial charge in [0.15, 0.2) is 17.4 Å². The van der Waals surface area contributed by atoms with Gasteiger partial charge < -0.3 is 5.11 Å². The first-order valence-corrected chi connectivity index (χ1v) is 1.49. The standard InChI is InChI=1S/C3H6O2.Al.Zr.3H/c1-2-3(4)5;;;;;/h2H2,1H3,(H,4,5);;;;;. The predicted octanol–water partition coefficient (Wildman–Crippen LogP) is -0.705. The quantitative estimate of drug-likeness (QED) is 0.562. The smallest absolute Gasteiger partial charge is 0.303 e. The van der Waals surface area contributed by atoms with Crippen LogP contribution in [0.25, 0.3) is 0 Å². The minimum Gasteiger partial charge on any atom is -0.481 e. The number of hydrogen-bond acceptors (Lipinski definition) is 1. The van der Waals surface area contributed by atoms with Crippen LogP contribution in [0.15, 0.2) is 0 Å². The van der Waals surface area contributed by atoms with Gasteiger partial charge in [0.1, 0.15) is 0 Å². The zero-order chi connectivity index (χ0) is 4.28. The van der Waals surface area contributed by atoms with Gasteiger partial charge >= 0.3 is 5.97 Å². The van der Waals surface area contributed by atoms with Crippen molar-refractivity contribution < 1.29 is 36.1 Å². The maximum absolute atomic E-state index is 9.37. The SMILES string of the molecule is CCC(=O)O.[AlH3].[Zr]. The molecule has 0 radical (unpaired) electrons. The molecule has 0 rings (SSSR count). The Bertz CT molecular complexity index is 48.2. The second-order valence-electron chi connectivity index (χ2n) is 0.747. The summed E-state index contributed by atoms with van der Waals surface area (Å²) in [5.41, 5.74) is 0. The van der Waals surface area contributed by atoms with Gasteiger partial charge in [-0.05, 0) is 0 Å². The summed E-state index contributed by atoms with van der Waals surface area (Å²) in [6, 6.07) is 0. The van der Waals surface area contributed by atoms with Crippen molar-refractivity contribution in [1.82, 2.24) is 0 Å². The molecule has 0 bridgehead atoms. The number of carbonyl (C=O) groups is 1. The fourth-order valence-electron chi connectivity index (χ4n) is 0. The summed E-state index contributed by atoms with van der Waals surface area (Å²) in [5.74, 6) is -0.745. The van der Waals surface area contributed by atoms with Gasteiger partial charge in [-0.3, -0.25) is 4.79 Å².